The molecule has 3 aromatic carbocycles. The van der Waals surface area contributed by atoms with Gasteiger partial charge in [-0.15, -0.1) is 0 Å². The normalized spacial score (nSPS) is 10.5. The summed E-state index contributed by atoms with van der Waals surface area (Å²) < 4.78 is 11.5. The number of oxazole rings is 1. The van der Waals surface area contributed by atoms with Crippen molar-refractivity contribution in [3.63, 3.8) is 0 Å². The zero-order valence-corrected chi connectivity index (χ0v) is 18.5. The standard InChI is InChI=1S/C26H23N3O5/c1-29(20-9-5-10-21(16-20)33-14-6-11-25(31)32)23(17-30)18-12-13-22-24(15-18)34-26(28-22)27-19-7-3-2-4-8-19/h2-5,7-10,12-13,15-16H,6,11,14H2,1H3,(H,27,28)(H,31,32). The molecular formula is C26H23N3O5. The quantitative estimate of drug-likeness (QED) is 0.250. The van der Waals surface area contributed by atoms with Gasteiger partial charge in [-0.25, -0.2) is 4.79 Å². The molecule has 34 heavy (non-hydrogen) atoms. The fourth-order valence-electron chi connectivity index (χ4n) is 3.42. The van der Waals surface area contributed by atoms with Crippen molar-refractivity contribution >= 4 is 46.1 Å². The number of carbonyl (C=O) groups is 1. The van der Waals surface area contributed by atoms with Crippen LogP contribution in [0.15, 0.2) is 77.2 Å². The second-order valence-electron chi connectivity index (χ2n) is 7.55. The zero-order valence-electron chi connectivity index (χ0n) is 18.5. The summed E-state index contributed by atoms with van der Waals surface area (Å²) in [6.45, 7) is 0.289. The summed E-state index contributed by atoms with van der Waals surface area (Å²) in [6.07, 6.45) is 0.456. The summed E-state index contributed by atoms with van der Waals surface area (Å²) >= 11 is 0. The van der Waals surface area contributed by atoms with Gasteiger partial charge in [-0.3, -0.25) is 4.79 Å². The Hall–Kier alpha value is -4.55. The zero-order chi connectivity index (χ0) is 23.9. The highest BCUT2D eigenvalue weighted by Gasteiger charge is 2.15. The molecule has 0 radical (unpaired) electrons. The van der Waals surface area contributed by atoms with Crippen LogP contribution >= 0.6 is 0 Å². The lowest BCUT2D eigenvalue weighted by Crippen LogP contribution is -2.16. The molecule has 4 aromatic rings. The number of para-hydroxylation sites is 1. The van der Waals surface area contributed by atoms with Gasteiger partial charge in [0.1, 0.15) is 17.0 Å². The van der Waals surface area contributed by atoms with Crippen molar-refractivity contribution in [2.75, 3.05) is 23.9 Å². The van der Waals surface area contributed by atoms with Crippen molar-refractivity contribution < 1.29 is 23.8 Å². The summed E-state index contributed by atoms with van der Waals surface area (Å²) in [7, 11) is 1.76. The van der Waals surface area contributed by atoms with Crippen LogP contribution in [0.4, 0.5) is 17.4 Å². The van der Waals surface area contributed by atoms with Gasteiger partial charge < -0.3 is 24.5 Å². The first-order chi connectivity index (χ1) is 16.5. The number of anilines is 3. The van der Waals surface area contributed by atoms with Crippen LogP contribution in [-0.2, 0) is 9.59 Å². The number of carboxylic acids is 1. The van der Waals surface area contributed by atoms with E-state index in [1.165, 1.54) is 0 Å². The van der Waals surface area contributed by atoms with E-state index >= 15 is 0 Å². The van der Waals surface area contributed by atoms with E-state index in [9.17, 15) is 9.59 Å². The molecule has 1 aromatic heterocycles. The molecule has 0 spiro atoms. The van der Waals surface area contributed by atoms with E-state index in [2.05, 4.69) is 10.3 Å². The highest BCUT2D eigenvalue weighted by Crippen LogP contribution is 2.29. The highest BCUT2D eigenvalue weighted by atomic mass is 16.5. The number of aliphatic carboxylic acids is 1. The number of rotatable bonds is 10. The van der Waals surface area contributed by atoms with Crippen LogP contribution < -0.4 is 15.0 Å². The van der Waals surface area contributed by atoms with Crippen molar-refractivity contribution in [3.8, 4) is 5.75 Å². The van der Waals surface area contributed by atoms with Crippen molar-refractivity contribution in [1.82, 2.24) is 4.98 Å². The Labute approximate surface area is 196 Å². The summed E-state index contributed by atoms with van der Waals surface area (Å²) in [6, 6.07) is 22.5. The van der Waals surface area contributed by atoms with Gasteiger partial charge in [0, 0.05) is 36.5 Å². The maximum atomic E-state index is 11.9. The SMILES string of the molecule is CN(C(=C=O)c1ccc2nc(Nc3ccccc3)oc2c1)c1cccc(OCCCC(=O)O)c1. The van der Waals surface area contributed by atoms with Gasteiger partial charge >= 0.3 is 5.97 Å². The van der Waals surface area contributed by atoms with E-state index < -0.39 is 5.97 Å². The van der Waals surface area contributed by atoms with Crippen LogP contribution in [0.25, 0.3) is 16.8 Å². The van der Waals surface area contributed by atoms with Gasteiger partial charge in [-0.2, -0.15) is 4.98 Å². The topological polar surface area (TPSA) is 105 Å². The Morgan fingerprint density at radius 2 is 1.94 bits per heavy atom. The van der Waals surface area contributed by atoms with Gasteiger partial charge in [0.25, 0.3) is 6.01 Å². The molecule has 0 fully saturated rings. The molecule has 1 heterocycles. The predicted molar refractivity (Wildman–Crippen MR) is 130 cm³/mol. The monoisotopic (exact) mass is 457 g/mol. The van der Waals surface area contributed by atoms with Crippen LogP contribution in [0, 0.1) is 0 Å². The van der Waals surface area contributed by atoms with E-state index in [0.717, 1.165) is 11.4 Å². The minimum Gasteiger partial charge on any atom is -0.494 e. The smallest absolute Gasteiger partial charge is 0.303 e. The number of fused-ring (bicyclic) bond motifs is 1. The van der Waals surface area contributed by atoms with Crippen molar-refractivity contribution in [3.05, 3.63) is 78.4 Å². The largest absolute Gasteiger partial charge is 0.494 e. The number of hydrogen-bond acceptors (Lipinski definition) is 7. The lowest BCUT2D eigenvalue weighted by Gasteiger charge is -2.21. The van der Waals surface area contributed by atoms with Gasteiger partial charge in [-0.1, -0.05) is 24.3 Å². The van der Waals surface area contributed by atoms with Crippen molar-refractivity contribution in [2.45, 2.75) is 12.8 Å². The predicted octanol–water partition coefficient (Wildman–Crippen LogP) is 5.12. The molecule has 0 amide bonds. The first-order valence-electron chi connectivity index (χ1n) is 10.7. The molecule has 2 N–H and O–H groups in total. The third-order valence-electron chi connectivity index (χ3n) is 5.13. The van der Waals surface area contributed by atoms with Gasteiger partial charge in [0.05, 0.1) is 6.61 Å². The number of ether oxygens (including phenoxy) is 1. The number of carbonyl (C=O) groups excluding carboxylic acids is 1. The number of aromatic nitrogens is 1. The molecule has 0 saturated carbocycles. The second kappa shape index (κ2) is 10.4. The lowest BCUT2D eigenvalue weighted by molar-refractivity contribution is -0.137. The lowest BCUT2D eigenvalue weighted by atomic mass is 10.1. The molecule has 8 heteroatoms. The number of hydrogen-bond donors (Lipinski definition) is 2. The van der Waals surface area contributed by atoms with E-state index in [1.807, 2.05) is 48.4 Å². The molecule has 4 rings (SSSR count). The molecule has 8 nitrogen and oxygen atoms in total. The molecular weight excluding hydrogens is 434 g/mol. The summed E-state index contributed by atoms with van der Waals surface area (Å²) in [5, 5.41) is 11.9. The van der Waals surface area contributed by atoms with E-state index in [4.69, 9.17) is 14.3 Å². The first-order valence-corrected chi connectivity index (χ1v) is 10.7. The van der Waals surface area contributed by atoms with E-state index in [1.54, 1.807) is 42.3 Å². The van der Waals surface area contributed by atoms with Crippen LogP contribution in [-0.4, -0.2) is 35.7 Å². The van der Waals surface area contributed by atoms with Crippen molar-refractivity contribution in [1.29, 1.82) is 0 Å². The van der Waals surface area contributed by atoms with Crippen LogP contribution in [0.2, 0.25) is 0 Å². The van der Waals surface area contributed by atoms with Crippen LogP contribution in [0.1, 0.15) is 18.4 Å². The Bertz CT molecular complexity index is 1340. The van der Waals surface area contributed by atoms with Crippen LogP contribution in [0.3, 0.4) is 0 Å². The van der Waals surface area contributed by atoms with Crippen molar-refractivity contribution in [2.24, 2.45) is 0 Å². The van der Waals surface area contributed by atoms with Gasteiger partial charge in [0.2, 0.25) is 0 Å². The average Bonchev–Trinajstić information content (AvgIpc) is 3.24. The molecule has 0 atom stereocenters. The minimum atomic E-state index is -0.857. The average molecular weight is 457 g/mol. The number of nitrogens with zero attached hydrogens (tertiary/aromatic N) is 2. The maximum Gasteiger partial charge on any atom is 0.303 e. The fourth-order valence-corrected chi connectivity index (χ4v) is 3.42. The third-order valence-corrected chi connectivity index (χ3v) is 5.13. The first kappa shape index (κ1) is 22.6. The Kier molecular flexibility index (Phi) is 6.91. The Balaban J connectivity index is 1.51. The second-order valence-corrected chi connectivity index (χ2v) is 7.55. The molecule has 0 aliphatic carbocycles. The minimum absolute atomic E-state index is 0.0460. The van der Waals surface area contributed by atoms with E-state index in [-0.39, 0.29) is 13.0 Å². The molecule has 0 unspecified atom stereocenters. The fraction of sp³-hybridized carbons (Fsp3) is 0.154. The highest BCUT2D eigenvalue weighted by molar-refractivity contribution is 5.97. The van der Waals surface area contributed by atoms with E-state index in [0.29, 0.717) is 40.5 Å². The molecule has 172 valence electrons. The number of nitrogens with one attached hydrogen (secondary N) is 1. The van der Waals surface area contributed by atoms with Crippen LogP contribution in [0.5, 0.6) is 5.75 Å². The van der Waals surface area contributed by atoms with Gasteiger partial charge in [-0.05, 0) is 48.9 Å². The Morgan fingerprint density at radius 1 is 1.12 bits per heavy atom. The molecule has 0 saturated heterocycles. The molecule has 0 aliphatic rings. The molecule has 0 aliphatic heterocycles. The number of carboxylic acid groups (broad SMARTS) is 1. The molecule has 0 bridgehead atoms. The maximum absolute atomic E-state index is 11.9. The summed E-state index contributed by atoms with van der Waals surface area (Å²) in [5.41, 5.74) is 3.71. The summed E-state index contributed by atoms with van der Waals surface area (Å²) in [5.74, 6) is 1.75. The number of benzene rings is 3. The third kappa shape index (κ3) is 5.43. The summed E-state index contributed by atoms with van der Waals surface area (Å²) in [4.78, 5) is 28.7. The van der Waals surface area contributed by atoms with Gasteiger partial charge in [0.15, 0.2) is 11.5 Å². The Morgan fingerprint density at radius 3 is 2.71 bits per heavy atom.